The van der Waals surface area contributed by atoms with Crippen molar-refractivity contribution in [1.82, 2.24) is 14.5 Å². The Bertz CT molecular complexity index is 784. The van der Waals surface area contributed by atoms with Gasteiger partial charge in [0.05, 0.1) is 16.1 Å². The molecule has 0 atom stereocenters. The van der Waals surface area contributed by atoms with Crippen LogP contribution in [-0.2, 0) is 19.9 Å². The number of rotatable bonds is 1. The molecule has 0 radical (unpaired) electrons. The Labute approximate surface area is 114 Å². The van der Waals surface area contributed by atoms with Crippen LogP contribution in [0.15, 0.2) is 18.3 Å². The molecule has 0 spiro atoms. The Hall–Kier alpha value is -1.88. The van der Waals surface area contributed by atoms with Gasteiger partial charge in [0.1, 0.15) is 5.82 Å². The molecule has 3 heterocycles. The van der Waals surface area contributed by atoms with Gasteiger partial charge in [0, 0.05) is 18.1 Å². The molecule has 96 valence electrons. The fourth-order valence-corrected chi connectivity index (χ4v) is 4.08. The number of aromatic nitrogens is 3. The van der Waals surface area contributed by atoms with Crippen molar-refractivity contribution in [2.45, 2.75) is 19.3 Å². The predicted molar refractivity (Wildman–Crippen MR) is 78.3 cm³/mol. The van der Waals surface area contributed by atoms with Crippen LogP contribution in [-0.4, -0.2) is 14.5 Å². The summed E-state index contributed by atoms with van der Waals surface area (Å²) >= 11 is 1.72. The average Bonchev–Trinajstić information content (AvgIpc) is 3.04. The number of anilines is 1. The lowest BCUT2D eigenvalue weighted by molar-refractivity contribution is 0.910. The topological polar surface area (TPSA) is 56.7 Å². The van der Waals surface area contributed by atoms with Gasteiger partial charge in [-0.05, 0) is 37.0 Å². The third kappa shape index (κ3) is 1.45. The maximum Gasteiger partial charge on any atom is 0.178 e. The van der Waals surface area contributed by atoms with E-state index < -0.39 is 0 Å². The van der Waals surface area contributed by atoms with Gasteiger partial charge in [0.25, 0.3) is 0 Å². The molecule has 4 rings (SSSR count). The van der Waals surface area contributed by atoms with Gasteiger partial charge in [0.15, 0.2) is 5.65 Å². The molecular weight excluding hydrogens is 256 g/mol. The first-order valence-electron chi connectivity index (χ1n) is 6.43. The number of nitrogen functional groups attached to an aromatic ring is 1. The summed E-state index contributed by atoms with van der Waals surface area (Å²) in [5.74, 6) is 0.950. The number of nitrogens with zero attached hydrogens (tertiary/aromatic N) is 3. The minimum Gasteiger partial charge on any atom is -0.390 e. The normalized spacial score (nSPS) is 14.2. The zero-order valence-electron chi connectivity index (χ0n) is 10.7. The van der Waals surface area contributed by atoms with Crippen molar-refractivity contribution in [3.8, 4) is 11.4 Å². The van der Waals surface area contributed by atoms with Gasteiger partial charge in [-0.25, -0.2) is 9.97 Å². The first kappa shape index (κ1) is 11.0. The van der Waals surface area contributed by atoms with E-state index in [1.165, 1.54) is 16.9 Å². The fraction of sp³-hybridized carbons (Fsp3) is 0.286. The summed E-state index contributed by atoms with van der Waals surface area (Å²) in [5.41, 5.74) is 10.6. The van der Waals surface area contributed by atoms with Crippen LogP contribution in [0.4, 0.5) is 5.00 Å². The molecule has 0 fully saturated rings. The lowest BCUT2D eigenvalue weighted by atomic mass is 10.1. The second kappa shape index (κ2) is 3.81. The molecule has 4 nitrogen and oxygen atoms in total. The van der Waals surface area contributed by atoms with Crippen molar-refractivity contribution < 1.29 is 0 Å². The summed E-state index contributed by atoms with van der Waals surface area (Å²) in [6, 6.07) is 3.98. The molecule has 5 heteroatoms. The lowest BCUT2D eigenvalue weighted by Gasteiger charge is -2.04. The molecule has 0 unspecified atom stereocenters. The van der Waals surface area contributed by atoms with Crippen molar-refractivity contribution >= 4 is 27.5 Å². The van der Waals surface area contributed by atoms with E-state index in [0.717, 1.165) is 40.4 Å². The summed E-state index contributed by atoms with van der Waals surface area (Å²) < 4.78 is 2.10. The number of aryl methyl sites for hydroxylation is 2. The van der Waals surface area contributed by atoms with E-state index in [1.807, 2.05) is 19.2 Å². The summed E-state index contributed by atoms with van der Waals surface area (Å²) in [6.07, 6.45) is 5.29. The van der Waals surface area contributed by atoms with Crippen LogP contribution < -0.4 is 5.73 Å². The predicted octanol–water partition coefficient (Wildman–Crippen LogP) is 2.77. The van der Waals surface area contributed by atoms with Crippen molar-refractivity contribution in [3.05, 3.63) is 28.8 Å². The summed E-state index contributed by atoms with van der Waals surface area (Å²) in [7, 11) is 2.03. The van der Waals surface area contributed by atoms with Crippen LogP contribution in [0.3, 0.4) is 0 Å². The highest BCUT2D eigenvalue weighted by Crippen LogP contribution is 2.43. The number of hydrogen-bond acceptors (Lipinski definition) is 4. The minimum absolute atomic E-state index is 0.789. The smallest absolute Gasteiger partial charge is 0.178 e. The van der Waals surface area contributed by atoms with Crippen LogP contribution in [0.5, 0.6) is 0 Å². The van der Waals surface area contributed by atoms with Gasteiger partial charge in [-0.1, -0.05) is 0 Å². The van der Waals surface area contributed by atoms with E-state index in [1.54, 1.807) is 17.5 Å². The molecule has 1 aliphatic rings. The fourth-order valence-electron chi connectivity index (χ4n) is 2.92. The first-order chi connectivity index (χ1) is 9.25. The molecule has 3 aromatic heterocycles. The highest BCUT2D eigenvalue weighted by molar-refractivity contribution is 7.16. The SMILES string of the molecule is Cn1c(-c2c(N)sc3c2CCC3)nc2ncccc21. The number of thiophene rings is 1. The van der Waals surface area contributed by atoms with E-state index >= 15 is 0 Å². The van der Waals surface area contributed by atoms with Crippen LogP contribution >= 0.6 is 11.3 Å². The first-order valence-corrected chi connectivity index (χ1v) is 7.25. The summed E-state index contributed by atoms with van der Waals surface area (Å²) in [5, 5.41) is 0.892. The second-order valence-electron chi connectivity index (χ2n) is 4.94. The molecule has 0 bridgehead atoms. The molecule has 19 heavy (non-hydrogen) atoms. The zero-order valence-corrected chi connectivity index (χ0v) is 11.5. The molecular formula is C14H14N4S. The summed E-state index contributed by atoms with van der Waals surface area (Å²) in [6.45, 7) is 0. The molecule has 0 saturated carbocycles. The van der Waals surface area contributed by atoms with Gasteiger partial charge in [-0.15, -0.1) is 11.3 Å². The molecule has 3 aromatic rings. The molecule has 0 saturated heterocycles. The third-order valence-corrected chi connectivity index (χ3v) is 4.95. The minimum atomic E-state index is 0.789. The largest absolute Gasteiger partial charge is 0.390 e. The Balaban J connectivity index is 2.03. The van der Waals surface area contributed by atoms with E-state index in [9.17, 15) is 0 Å². The molecule has 1 aliphatic carbocycles. The van der Waals surface area contributed by atoms with Crippen LogP contribution in [0.25, 0.3) is 22.6 Å². The van der Waals surface area contributed by atoms with E-state index in [-0.39, 0.29) is 0 Å². The van der Waals surface area contributed by atoms with Gasteiger partial charge < -0.3 is 10.3 Å². The monoisotopic (exact) mass is 270 g/mol. The number of imidazole rings is 1. The van der Waals surface area contributed by atoms with Gasteiger partial charge >= 0.3 is 0 Å². The van der Waals surface area contributed by atoms with E-state index in [0.29, 0.717) is 0 Å². The average molecular weight is 270 g/mol. The molecule has 2 N–H and O–H groups in total. The number of nitrogens with two attached hydrogens (primary N) is 1. The van der Waals surface area contributed by atoms with Crippen LogP contribution in [0, 0.1) is 0 Å². The van der Waals surface area contributed by atoms with Crippen LogP contribution in [0.1, 0.15) is 16.9 Å². The lowest BCUT2D eigenvalue weighted by Crippen LogP contribution is -1.96. The van der Waals surface area contributed by atoms with Gasteiger partial charge in [-0.3, -0.25) is 0 Å². The van der Waals surface area contributed by atoms with Crippen molar-refractivity contribution in [2.24, 2.45) is 7.05 Å². The number of pyridine rings is 1. The molecule has 0 amide bonds. The molecule has 0 aliphatic heterocycles. The number of fused-ring (bicyclic) bond motifs is 2. The highest BCUT2D eigenvalue weighted by Gasteiger charge is 2.25. The van der Waals surface area contributed by atoms with Crippen molar-refractivity contribution in [1.29, 1.82) is 0 Å². The van der Waals surface area contributed by atoms with Crippen molar-refractivity contribution in [3.63, 3.8) is 0 Å². The third-order valence-electron chi connectivity index (χ3n) is 3.83. The molecule has 0 aromatic carbocycles. The Morgan fingerprint density at radius 1 is 1.37 bits per heavy atom. The van der Waals surface area contributed by atoms with E-state index in [4.69, 9.17) is 5.73 Å². The Kier molecular flexibility index (Phi) is 2.20. The quantitative estimate of drug-likeness (QED) is 0.739. The van der Waals surface area contributed by atoms with Gasteiger partial charge in [0.2, 0.25) is 0 Å². The Morgan fingerprint density at radius 3 is 3.11 bits per heavy atom. The van der Waals surface area contributed by atoms with Crippen LogP contribution in [0.2, 0.25) is 0 Å². The highest BCUT2D eigenvalue weighted by atomic mass is 32.1. The van der Waals surface area contributed by atoms with Crippen molar-refractivity contribution in [2.75, 3.05) is 5.73 Å². The zero-order chi connectivity index (χ0) is 13.0. The maximum atomic E-state index is 6.22. The second-order valence-corrected chi connectivity index (χ2v) is 6.07. The summed E-state index contributed by atoms with van der Waals surface area (Å²) in [4.78, 5) is 10.4. The van der Waals surface area contributed by atoms with Gasteiger partial charge in [-0.2, -0.15) is 0 Å². The van der Waals surface area contributed by atoms with E-state index in [2.05, 4.69) is 14.5 Å². The standard InChI is InChI=1S/C14H14N4S/c1-18-9-5-3-7-16-13(9)17-14(18)11-8-4-2-6-10(8)19-12(11)15/h3,5,7H,2,4,6,15H2,1H3. The maximum absolute atomic E-state index is 6.22. The Morgan fingerprint density at radius 2 is 2.26 bits per heavy atom. The number of hydrogen-bond donors (Lipinski definition) is 1.